The summed E-state index contributed by atoms with van der Waals surface area (Å²) in [6.45, 7) is 0.595. The second-order valence-electron chi connectivity index (χ2n) is 4.10. The van der Waals surface area contributed by atoms with Crippen LogP contribution in [0.15, 0.2) is 42.6 Å². The van der Waals surface area contributed by atoms with Crippen LogP contribution in [0.2, 0.25) is 0 Å². The highest BCUT2D eigenvalue weighted by Gasteiger charge is 2.10. The highest BCUT2D eigenvalue weighted by Crippen LogP contribution is 2.16. The number of nitrogens with zero attached hydrogens (tertiary/aromatic N) is 1. The smallest absolute Gasteiger partial charge is 0.293 e. The molecule has 0 unspecified atom stereocenters. The van der Waals surface area contributed by atoms with Gasteiger partial charge in [0.05, 0.1) is 12.3 Å². The van der Waals surface area contributed by atoms with E-state index in [1.54, 1.807) is 0 Å². The molecule has 19 heavy (non-hydrogen) atoms. The Morgan fingerprint density at radius 3 is 2.74 bits per heavy atom. The van der Waals surface area contributed by atoms with Crippen LogP contribution in [0.25, 0.3) is 0 Å². The van der Waals surface area contributed by atoms with Gasteiger partial charge < -0.3 is 4.74 Å². The van der Waals surface area contributed by atoms with E-state index in [9.17, 15) is 9.18 Å². The van der Waals surface area contributed by atoms with Gasteiger partial charge in [0.1, 0.15) is 5.82 Å². The van der Waals surface area contributed by atoms with Gasteiger partial charge in [-0.3, -0.25) is 9.78 Å². The molecule has 0 aliphatic heterocycles. The maximum Gasteiger partial charge on any atom is 0.293 e. The fourth-order valence-corrected chi connectivity index (χ4v) is 1.91. The van der Waals surface area contributed by atoms with E-state index in [2.05, 4.69) is 9.72 Å². The average Bonchev–Trinajstić information content (AvgIpc) is 2.44. The number of aromatic nitrogens is 1. The van der Waals surface area contributed by atoms with Gasteiger partial charge in [-0.05, 0) is 11.6 Å². The van der Waals surface area contributed by atoms with E-state index in [4.69, 9.17) is 0 Å². The Hall–Kier alpha value is -2.23. The summed E-state index contributed by atoms with van der Waals surface area (Å²) in [6, 6.07) is 11.0. The van der Waals surface area contributed by atoms with Crippen LogP contribution in [0.1, 0.15) is 16.8 Å². The maximum atomic E-state index is 13.9. The molecule has 3 nitrogen and oxygen atoms in total. The molecule has 1 aromatic carbocycles. The van der Waals surface area contributed by atoms with E-state index < -0.39 is 0 Å². The fourth-order valence-electron chi connectivity index (χ4n) is 1.91. The Balaban J connectivity index is 2.20. The summed E-state index contributed by atoms with van der Waals surface area (Å²) < 4.78 is 18.5. The molecule has 2 aromatic rings. The Kier molecular flexibility index (Phi) is 4.61. The second-order valence-corrected chi connectivity index (χ2v) is 4.10. The first-order chi connectivity index (χ1) is 9.31. The van der Waals surface area contributed by atoms with Crippen LogP contribution in [0.3, 0.4) is 0 Å². The number of rotatable bonds is 6. The molecule has 0 fully saturated rings. The molecule has 0 radical (unpaired) electrons. The first kappa shape index (κ1) is 13.2. The van der Waals surface area contributed by atoms with Crippen molar-refractivity contribution >= 4 is 6.47 Å². The third kappa shape index (κ3) is 3.61. The largest absolute Gasteiger partial charge is 0.467 e. The number of hydrogen-bond donors (Lipinski definition) is 0. The zero-order chi connectivity index (χ0) is 13.5. The summed E-state index contributed by atoms with van der Waals surface area (Å²) in [6.07, 6.45) is 2.33. The molecular weight excluding hydrogens is 245 g/mol. The second kappa shape index (κ2) is 6.64. The average molecular weight is 259 g/mol. The predicted octanol–water partition coefficient (Wildman–Crippen LogP) is 2.53. The third-order valence-corrected chi connectivity index (χ3v) is 2.84. The summed E-state index contributed by atoms with van der Waals surface area (Å²) >= 11 is 0. The molecule has 0 saturated carbocycles. The molecule has 0 saturated heterocycles. The topological polar surface area (TPSA) is 39.2 Å². The van der Waals surface area contributed by atoms with Crippen molar-refractivity contribution in [1.29, 1.82) is 0 Å². The van der Waals surface area contributed by atoms with Crippen LogP contribution >= 0.6 is 0 Å². The van der Waals surface area contributed by atoms with Crippen molar-refractivity contribution in [3.05, 3.63) is 65.2 Å². The summed E-state index contributed by atoms with van der Waals surface area (Å²) in [5.41, 5.74) is 2.21. The predicted molar refractivity (Wildman–Crippen MR) is 69.2 cm³/mol. The number of ether oxygens (including phenoxy) is 1. The first-order valence-corrected chi connectivity index (χ1v) is 6.02. The van der Waals surface area contributed by atoms with Gasteiger partial charge in [-0.25, -0.2) is 4.39 Å². The number of carbonyl (C=O) groups excluding carboxylic acids is 1. The standard InChI is InChI=1S/C15H14FNO2/c16-14-6-8-17-15(7-9-19-11-18)13(14)10-12-4-2-1-3-5-12/h1-6,8,11H,7,9-10H2. The lowest BCUT2D eigenvalue weighted by atomic mass is 10.0. The minimum Gasteiger partial charge on any atom is -0.467 e. The van der Waals surface area contributed by atoms with Gasteiger partial charge in [-0.15, -0.1) is 0 Å². The molecule has 0 atom stereocenters. The Labute approximate surface area is 111 Å². The van der Waals surface area contributed by atoms with E-state index in [1.807, 2.05) is 30.3 Å². The fraction of sp³-hybridized carbons (Fsp3) is 0.200. The number of hydrogen-bond acceptors (Lipinski definition) is 3. The first-order valence-electron chi connectivity index (χ1n) is 6.02. The molecule has 1 aromatic heterocycles. The van der Waals surface area contributed by atoms with E-state index in [1.165, 1.54) is 12.3 Å². The van der Waals surface area contributed by atoms with E-state index >= 15 is 0 Å². The van der Waals surface area contributed by atoms with E-state index in [0.717, 1.165) is 5.56 Å². The van der Waals surface area contributed by atoms with Crippen molar-refractivity contribution in [3.8, 4) is 0 Å². The Bertz CT molecular complexity index is 543. The zero-order valence-corrected chi connectivity index (χ0v) is 10.4. The lowest BCUT2D eigenvalue weighted by Crippen LogP contribution is -2.06. The molecule has 1 heterocycles. The summed E-state index contributed by atoms with van der Waals surface area (Å²) in [4.78, 5) is 14.3. The van der Waals surface area contributed by atoms with E-state index in [-0.39, 0.29) is 12.4 Å². The van der Waals surface area contributed by atoms with Crippen molar-refractivity contribution in [2.75, 3.05) is 6.61 Å². The van der Waals surface area contributed by atoms with Crippen LogP contribution in [0.5, 0.6) is 0 Å². The van der Waals surface area contributed by atoms with Crippen LogP contribution in [-0.2, 0) is 22.4 Å². The minimum atomic E-state index is -0.278. The number of pyridine rings is 1. The van der Waals surface area contributed by atoms with Crippen molar-refractivity contribution in [2.45, 2.75) is 12.8 Å². The molecule has 0 spiro atoms. The van der Waals surface area contributed by atoms with Gasteiger partial charge in [0.2, 0.25) is 0 Å². The summed E-state index contributed by atoms with van der Waals surface area (Å²) in [5.74, 6) is -0.278. The normalized spacial score (nSPS) is 10.2. The van der Waals surface area contributed by atoms with Crippen LogP contribution in [-0.4, -0.2) is 18.1 Å². The number of benzene rings is 1. The number of carbonyl (C=O) groups is 1. The van der Waals surface area contributed by atoms with Crippen molar-refractivity contribution < 1.29 is 13.9 Å². The van der Waals surface area contributed by atoms with Gasteiger partial charge in [0.15, 0.2) is 0 Å². The number of halogens is 1. The zero-order valence-electron chi connectivity index (χ0n) is 10.4. The SMILES string of the molecule is O=COCCc1nccc(F)c1Cc1ccccc1. The van der Waals surface area contributed by atoms with Crippen LogP contribution < -0.4 is 0 Å². The van der Waals surface area contributed by atoms with Gasteiger partial charge in [-0.1, -0.05) is 30.3 Å². The molecule has 4 heteroatoms. The lowest BCUT2D eigenvalue weighted by Gasteiger charge is -2.09. The maximum absolute atomic E-state index is 13.9. The molecule has 2 rings (SSSR count). The Morgan fingerprint density at radius 2 is 2.00 bits per heavy atom. The van der Waals surface area contributed by atoms with Gasteiger partial charge in [0, 0.05) is 24.6 Å². The van der Waals surface area contributed by atoms with Gasteiger partial charge in [-0.2, -0.15) is 0 Å². The van der Waals surface area contributed by atoms with Gasteiger partial charge in [0.25, 0.3) is 6.47 Å². The monoisotopic (exact) mass is 259 g/mol. The van der Waals surface area contributed by atoms with Gasteiger partial charge >= 0.3 is 0 Å². The highest BCUT2D eigenvalue weighted by molar-refractivity contribution is 5.37. The highest BCUT2D eigenvalue weighted by atomic mass is 19.1. The molecule has 98 valence electrons. The molecule has 0 bridgehead atoms. The lowest BCUT2D eigenvalue weighted by molar-refractivity contribution is -0.128. The van der Waals surface area contributed by atoms with Crippen molar-refractivity contribution in [1.82, 2.24) is 4.98 Å². The molecular formula is C15H14FNO2. The summed E-state index contributed by atoms with van der Waals surface area (Å²) in [5, 5.41) is 0. The quantitative estimate of drug-likeness (QED) is 0.591. The minimum absolute atomic E-state index is 0.210. The molecule has 0 N–H and O–H groups in total. The molecule has 0 amide bonds. The Morgan fingerprint density at radius 1 is 1.21 bits per heavy atom. The molecule has 0 aliphatic carbocycles. The van der Waals surface area contributed by atoms with Crippen LogP contribution in [0, 0.1) is 5.82 Å². The molecule has 0 aliphatic rings. The third-order valence-electron chi connectivity index (χ3n) is 2.84. The van der Waals surface area contributed by atoms with E-state index in [0.29, 0.717) is 30.6 Å². The van der Waals surface area contributed by atoms with Crippen LogP contribution in [0.4, 0.5) is 4.39 Å². The van der Waals surface area contributed by atoms with Crippen molar-refractivity contribution in [3.63, 3.8) is 0 Å². The summed E-state index contributed by atoms with van der Waals surface area (Å²) in [7, 11) is 0. The van der Waals surface area contributed by atoms with Crippen molar-refractivity contribution in [2.24, 2.45) is 0 Å².